The van der Waals surface area contributed by atoms with Crippen molar-refractivity contribution in [2.45, 2.75) is 31.2 Å². The Bertz CT molecular complexity index is 498. The number of pyridine rings is 1. The van der Waals surface area contributed by atoms with Gasteiger partial charge in [-0.2, -0.15) is 13.2 Å². The number of nitrogens with two attached hydrogens (primary N) is 1. The van der Waals surface area contributed by atoms with E-state index in [2.05, 4.69) is 4.98 Å². The minimum absolute atomic E-state index is 0.0862. The van der Waals surface area contributed by atoms with Crippen LogP contribution in [0, 0.1) is 0 Å². The average Bonchev–Trinajstić information content (AvgIpc) is 2.98. The number of aliphatic hydroxyl groups excluding tert-OH is 1. The molecule has 1 saturated heterocycles. The second-order valence-electron chi connectivity index (χ2n) is 4.98. The molecule has 8 heteroatoms. The van der Waals surface area contributed by atoms with Crippen LogP contribution in [0.4, 0.5) is 13.2 Å². The number of rotatable bonds is 3. The number of amides is 1. The highest BCUT2D eigenvalue weighted by molar-refractivity contribution is 5.82. The first-order chi connectivity index (χ1) is 9.80. The van der Waals surface area contributed by atoms with Crippen molar-refractivity contribution in [3.8, 4) is 0 Å². The molecule has 116 valence electrons. The van der Waals surface area contributed by atoms with Crippen molar-refractivity contribution in [1.29, 1.82) is 0 Å². The molecule has 1 aromatic rings. The van der Waals surface area contributed by atoms with Crippen molar-refractivity contribution in [3.05, 3.63) is 29.6 Å². The third kappa shape index (κ3) is 3.51. The molecule has 2 atom stereocenters. The lowest BCUT2D eigenvalue weighted by atomic mass is 10.0. The highest BCUT2D eigenvalue weighted by Crippen LogP contribution is 2.28. The van der Waals surface area contributed by atoms with Gasteiger partial charge in [0.05, 0.1) is 0 Å². The van der Waals surface area contributed by atoms with E-state index in [1.807, 2.05) is 0 Å². The number of aliphatic hydroxyl groups is 1. The summed E-state index contributed by atoms with van der Waals surface area (Å²) in [6, 6.07) is 0.630. The maximum atomic E-state index is 12.4. The summed E-state index contributed by atoms with van der Waals surface area (Å²) >= 11 is 0. The van der Waals surface area contributed by atoms with Gasteiger partial charge in [-0.15, -0.1) is 0 Å². The molecule has 0 unspecified atom stereocenters. The lowest BCUT2D eigenvalue weighted by molar-refractivity contribution is -0.141. The van der Waals surface area contributed by atoms with Crippen LogP contribution in [0.5, 0.6) is 0 Å². The molecular formula is C13H16F3N3O2. The number of nitrogens with zero attached hydrogens (tertiary/aromatic N) is 2. The lowest BCUT2D eigenvalue weighted by Crippen LogP contribution is -2.45. The molecule has 1 aliphatic rings. The van der Waals surface area contributed by atoms with E-state index in [1.54, 1.807) is 4.90 Å². The highest BCUT2D eigenvalue weighted by Gasteiger charge is 2.33. The van der Waals surface area contributed by atoms with Crippen LogP contribution in [0.2, 0.25) is 0 Å². The van der Waals surface area contributed by atoms with Gasteiger partial charge in [0.25, 0.3) is 0 Å². The summed E-state index contributed by atoms with van der Waals surface area (Å²) in [6.45, 7) is 1.18. The van der Waals surface area contributed by atoms with Gasteiger partial charge in [0.2, 0.25) is 5.91 Å². The summed E-state index contributed by atoms with van der Waals surface area (Å²) in [5.41, 5.74) is 4.73. The van der Waals surface area contributed by atoms with Crippen LogP contribution in [-0.2, 0) is 11.0 Å². The maximum absolute atomic E-state index is 12.4. The maximum Gasteiger partial charge on any atom is 0.433 e. The van der Waals surface area contributed by atoms with Gasteiger partial charge in [-0.3, -0.25) is 9.78 Å². The van der Waals surface area contributed by atoms with Gasteiger partial charge < -0.3 is 15.7 Å². The van der Waals surface area contributed by atoms with Gasteiger partial charge in [-0.1, -0.05) is 6.07 Å². The van der Waals surface area contributed by atoms with Gasteiger partial charge in [0.1, 0.15) is 17.8 Å². The summed E-state index contributed by atoms with van der Waals surface area (Å²) in [6.07, 6.45) is -3.26. The van der Waals surface area contributed by atoms with E-state index >= 15 is 0 Å². The standard InChI is InChI=1S/C13H16F3N3O2/c14-13(15,16)9-4-3-8(7-18-9)11(20)10(17)12(21)19-5-1-2-6-19/h3-4,7,10-11,20H,1-2,5-6,17H2/t10-,11+/m1/s1. The highest BCUT2D eigenvalue weighted by atomic mass is 19.4. The number of alkyl halides is 3. The van der Waals surface area contributed by atoms with Gasteiger partial charge in [0.15, 0.2) is 0 Å². The summed E-state index contributed by atoms with van der Waals surface area (Å²) in [7, 11) is 0. The van der Waals surface area contributed by atoms with E-state index in [1.165, 1.54) is 0 Å². The molecule has 1 fully saturated rings. The van der Waals surface area contributed by atoms with Crippen LogP contribution in [0.15, 0.2) is 18.3 Å². The normalized spacial score (nSPS) is 18.6. The van der Waals surface area contributed by atoms with E-state index < -0.39 is 29.9 Å². The van der Waals surface area contributed by atoms with Crippen molar-refractivity contribution in [1.82, 2.24) is 9.88 Å². The lowest BCUT2D eigenvalue weighted by Gasteiger charge is -2.24. The molecule has 0 aliphatic carbocycles. The Morgan fingerprint density at radius 2 is 1.95 bits per heavy atom. The molecule has 1 aliphatic heterocycles. The predicted molar refractivity (Wildman–Crippen MR) is 68.0 cm³/mol. The zero-order valence-corrected chi connectivity index (χ0v) is 11.2. The molecule has 0 bridgehead atoms. The largest absolute Gasteiger partial charge is 0.433 e. The fourth-order valence-electron chi connectivity index (χ4n) is 2.24. The topological polar surface area (TPSA) is 79.5 Å². The Morgan fingerprint density at radius 3 is 2.43 bits per heavy atom. The molecule has 5 nitrogen and oxygen atoms in total. The van der Waals surface area contributed by atoms with Crippen LogP contribution in [0.25, 0.3) is 0 Å². The number of aromatic nitrogens is 1. The van der Waals surface area contributed by atoms with Crippen LogP contribution < -0.4 is 5.73 Å². The number of halogens is 3. The molecule has 1 aromatic heterocycles. The SMILES string of the molecule is N[C@@H](C(=O)N1CCCC1)[C@@H](O)c1ccc(C(F)(F)F)nc1. The zero-order valence-electron chi connectivity index (χ0n) is 11.2. The summed E-state index contributed by atoms with van der Waals surface area (Å²) in [5.74, 6) is -0.403. The van der Waals surface area contributed by atoms with Crippen molar-refractivity contribution in [2.24, 2.45) is 5.73 Å². The molecule has 3 N–H and O–H groups in total. The van der Waals surface area contributed by atoms with E-state index in [0.29, 0.717) is 13.1 Å². The zero-order chi connectivity index (χ0) is 15.6. The Balaban J connectivity index is 2.08. The first kappa shape index (κ1) is 15.7. The Kier molecular flexibility index (Phi) is 4.48. The third-order valence-corrected chi connectivity index (χ3v) is 3.46. The van der Waals surface area contributed by atoms with E-state index in [-0.39, 0.29) is 5.56 Å². The van der Waals surface area contributed by atoms with Gasteiger partial charge in [-0.05, 0) is 18.9 Å². The van der Waals surface area contributed by atoms with E-state index in [0.717, 1.165) is 31.2 Å². The molecule has 0 radical (unpaired) electrons. The van der Waals surface area contributed by atoms with Gasteiger partial charge >= 0.3 is 6.18 Å². The summed E-state index contributed by atoms with van der Waals surface area (Å²) < 4.78 is 37.2. The Morgan fingerprint density at radius 1 is 1.33 bits per heavy atom. The second-order valence-corrected chi connectivity index (χ2v) is 4.98. The summed E-state index contributed by atoms with van der Waals surface area (Å²) in [4.78, 5) is 16.8. The van der Waals surface area contributed by atoms with Gasteiger partial charge in [0, 0.05) is 24.8 Å². The first-order valence-electron chi connectivity index (χ1n) is 6.56. The number of hydrogen-bond acceptors (Lipinski definition) is 4. The number of carbonyl (C=O) groups excluding carboxylic acids is 1. The quantitative estimate of drug-likeness (QED) is 0.876. The van der Waals surface area contributed by atoms with E-state index in [4.69, 9.17) is 5.73 Å². The van der Waals surface area contributed by atoms with Crippen molar-refractivity contribution < 1.29 is 23.1 Å². The molecule has 21 heavy (non-hydrogen) atoms. The Hall–Kier alpha value is -1.67. The fraction of sp³-hybridized carbons (Fsp3) is 0.538. The number of carbonyl (C=O) groups is 1. The van der Waals surface area contributed by atoms with Crippen molar-refractivity contribution in [3.63, 3.8) is 0 Å². The minimum Gasteiger partial charge on any atom is -0.386 e. The second kappa shape index (κ2) is 5.98. The molecule has 0 spiro atoms. The molecule has 1 amide bonds. The molecular weight excluding hydrogens is 287 g/mol. The van der Waals surface area contributed by atoms with E-state index in [9.17, 15) is 23.1 Å². The average molecular weight is 303 g/mol. The number of likely N-dealkylation sites (tertiary alicyclic amines) is 1. The van der Waals surface area contributed by atoms with Crippen molar-refractivity contribution >= 4 is 5.91 Å². The van der Waals surface area contributed by atoms with Crippen LogP contribution >= 0.6 is 0 Å². The van der Waals surface area contributed by atoms with Crippen LogP contribution in [-0.4, -0.2) is 40.0 Å². The smallest absolute Gasteiger partial charge is 0.386 e. The monoisotopic (exact) mass is 303 g/mol. The number of hydrogen-bond donors (Lipinski definition) is 2. The molecule has 0 aromatic carbocycles. The van der Waals surface area contributed by atoms with Gasteiger partial charge in [-0.25, -0.2) is 0 Å². The van der Waals surface area contributed by atoms with Crippen LogP contribution in [0.1, 0.15) is 30.2 Å². The molecule has 2 rings (SSSR count). The first-order valence-corrected chi connectivity index (χ1v) is 6.56. The fourth-order valence-corrected chi connectivity index (χ4v) is 2.24. The van der Waals surface area contributed by atoms with Crippen molar-refractivity contribution in [2.75, 3.05) is 13.1 Å². The minimum atomic E-state index is -4.54. The third-order valence-electron chi connectivity index (χ3n) is 3.46. The molecule has 2 heterocycles. The van der Waals surface area contributed by atoms with Crippen LogP contribution in [0.3, 0.4) is 0 Å². The summed E-state index contributed by atoms with van der Waals surface area (Å²) in [5, 5.41) is 10.0. The Labute approximate surface area is 119 Å². The predicted octanol–water partition coefficient (Wildman–Crippen LogP) is 1.08. The molecule has 0 saturated carbocycles.